The molecule has 5 unspecified atom stereocenters. The lowest BCUT2D eigenvalue weighted by Crippen LogP contribution is -2.65. The number of carbonyl (C=O) groups is 4. The second-order valence-electron chi connectivity index (χ2n) is 7.34. The van der Waals surface area contributed by atoms with Crippen molar-refractivity contribution in [3.05, 3.63) is 0 Å². The first-order chi connectivity index (χ1) is 14.4. The van der Waals surface area contributed by atoms with E-state index in [-0.39, 0.29) is 6.61 Å². The Balaban J connectivity index is 2.84. The molecular weight excluding hydrogens is 416 g/mol. The van der Waals surface area contributed by atoms with E-state index in [1.807, 2.05) is 0 Å². The predicted molar refractivity (Wildman–Crippen MR) is 105 cm³/mol. The molecule has 0 aliphatic carbocycles. The van der Waals surface area contributed by atoms with Crippen LogP contribution in [0.25, 0.3) is 0 Å². The summed E-state index contributed by atoms with van der Waals surface area (Å²) in [6, 6.07) is -3.10. The van der Waals surface area contributed by atoms with E-state index in [9.17, 15) is 29.4 Å². The molecule has 4 amide bonds. The molecule has 31 heavy (non-hydrogen) atoms. The molecule has 0 aromatic rings. The van der Waals surface area contributed by atoms with Crippen molar-refractivity contribution in [1.82, 2.24) is 16.0 Å². The van der Waals surface area contributed by atoms with E-state index in [2.05, 4.69) is 16.0 Å². The van der Waals surface area contributed by atoms with Gasteiger partial charge >= 0.3 is 0 Å². The number of nitrogens with one attached hydrogen (secondary N) is 3. The summed E-state index contributed by atoms with van der Waals surface area (Å²) in [5.41, 5.74) is 5.09. The van der Waals surface area contributed by atoms with Crippen LogP contribution in [0.1, 0.15) is 27.7 Å². The van der Waals surface area contributed by atoms with Crippen molar-refractivity contribution in [3.8, 4) is 0 Å². The van der Waals surface area contributed by atoms with Gasteiger partial charge in [-0.3, -0.25) is 19.2 Å². The van der Waals surface area contributed by atoms with Crippen LogP contribution >= 0.6 is 0 Å². The highest BCUT2D eigenvalue weighted by Crippen LogP contribution is 2.24. The molecule has 0 saturated carbocycles. The molecule has 1 fully saturated rings. The zero-order chi connectivity index (χ0) is 23.9. The summed E-state index contributed by atoms with van der Waals surface area (Å²) in [5.74, 6) is -2.58. The smallest absolute Gasteiger partial charge is 0.249 e. The first-order valence-corrected chi connectivity index (χ1v) is 9.72. The Morgan fingerprint density at radius 3 is 2.16 bits per heavy atom. The van der Waals surface area contributed by atoms with E-state index in [1.165, 1.54) is 34.8 Å². The Bertz CT molecular complexity index is 662. The Morgan fingerprint density at radius 2 is 1.65 bits per heavy atom. The molecule has 178 valence electrons. The van der Waals surface area contributed by atoms with Crippen LogP contribution in [0.15, 0.2) is 0 Å². The zero-order valence-electron chi connectivity index (χ0n) is 18.2. The van der Waals surface area contributed by atoms with Gasteiger partial charge in [-0.1, -0.05) is 0 Å². The number of primary amides is 1. The third kappa shape index (κ3) is 7.70. The molecule has 0 radical (unpaired) electrons. The number of amides is 4. The molecule has 13 heteroatoms. The average molecular weight is 448 g/mol. The molecule has 1 rings (SSSR count). The Morgan fingerprint density at radius 1 is 1.06 bits per heavy atom. The summed E-state index contributed by atoms with van der Waals surface area (Å²) >= 11 is 0. The zero-order valence-corrected chi connectivity index (χ0v) is 18.2. The topological polar surface area (TPSA) is 199 Å². The van der Waals surface area contributed by atoms with Crippen molar-refractivity contribution in [3.63, 3.8) is 0 Å². The van der Waals surface area contributed by atoms with Crippen LogP contribution in [0.4, 0.5) is 0 Å². The van der Waals surface area contributed by atoms with Gasteiger partial charge < -0.3 is 46.1 Å². The Hall–Kier alpha value is -2.32. The summed E-state index contributed by atoms with van der Waals surface area (Å²) in [5, 5.41) is 28.0. The summed E-state index contributed by atoms with van der Waals surface area (Å²) in [7, 11) is 1.37. The van der Waals surface area contributed by atoms with Crippen LogP contribution in [0.3, 0.4) is 0 Å². The minimum Gasteiger partial charge on any atom is -0.388 e. The molecule has 0 spiro atoms. The molecule has 0 bridgehead atoms. The number of rotatable bonds is 10. The predicted octanol–water partition coefficient (Wildman–Crippen LogP) is -3.52. The van der Waals surface area contributed by atoms with E-state index in [0.717, 1.165) is 0 Å². The summed E-state index contributed by atoms with van der Waals surface area (Å²) in [4.78, 5) is 47.1. The quantitative estimate of drug-likeness (QED) is 0.196. The van der Waals surface area contributed by atoms with Crippen molar-refractivity contribution < 1.29 is 43.6 Å². The highest BCUT2D eigenvalue weighted by atomic mass is 16.6. The number of aliphatic hydroxyl groups is 2. The van der Waals surface area contributed by atoms with Crippen LogP contribution < -0.4 is 21.7 Å². The lowest BCUT2D eigenvalue weighted by atomic mass is 9.96. The fourth-order valence-electron chi connectivity index (χ4n) is 2.89. The van der Waals surface area contributed by atoms with Crippen molar-refractivity contribution >= 4 is 23.6 Å². The maximum atomic E-state index is 12.5. The summed E-state index contributed by atoms with van der Waals surface area (Å²) < 4.78 is 15.9. The van der Waals surface area contributed by atoms with Crippen molar-refractivity contribution in [2.24, 2.45) is 5.73 Å². The number of hydrogen-bond donors (Lipinski definition) is 6. The monoisotopic (exact) mass is 448 g/mol. The van der Waals surface area contributed by atoms with Crippen LogP contribution in [0, 0.1) is 0 Å². The third-order valence-corrected chi connectivity index (χ3v) is 4.66. The minimum absolute atomic E-state index is 0.0687. The van der Waals surface area contributed by atoms with Crippen molar-refractivity contribution in [1.29, 1.82) is 0 Å². The van der Waals surface area contributed by atoms with Gasteiger partial charge in [-0.05, 0) is 20.8 Å². The van der Waals surface area contributed by atoms with E-state index in [1.54, 1.807) is 0 Å². The molecule has 0 aromatic carbocycles. The lowest BCUT2D eigenvalue weighted by Gasteiger charge is -2.43. The molecule has 1 saturated heterocycles. The highest BCUT2D eigenvalue weighted by molar-refractivity contribution is 5.91. The van der Waals surface area contributed by atoms with Crippen LogP contribution in [0.2, 0.25) is 0 Å². The number of nitrogens with two attached hydrogens (primary N) is 1. The van der Waals surface area contributed by atoms with Gasteiger partial charge in [0.25, 0.3) is 0 Å². The Labute approximate surface area is 180 Å². The SMILES string of the molecule is COCC1OC(O)C(NC(C)=O)C(O[C@H](C)C(=O)N[C@@H](C)C(=O)N[C@H](C)C(N)=O)C1O. The highest BCUT2D eigenvalue weighted by Gasteiger charge is 2.47. The summed E-state index contributed by atoms with van der Waals surface area (Å²) in [6.07, 6.45) is -6.23. The van der Waals surface area contributed by atoms with Crippen molar-refractivity contribution in [2.75, 3.05) is 13.7 Å². The second kappa shape index (κ2) is 11.9. The fraction of sp³-hybridized carbons (Fsp3) is 0.778. The van der Waals surface area contributed by atoms with E-state index < -0.39 is 72.5 Å². The maximum absolute atomic E-state index is 12.5. The van der Waals surface area contributed by atoms with E-state index in [0.29, 0.717) is 0 Å². The van der Waals surface area contributed by atoms with Gasteiger partial charge in [0.2, 0.25) is 23.6 Å². The van der Waals surface area contributed by atoms with Crippen LogP contribution in [-0.4, -0.2) is 96.4 Å². The van der Waals surface area contributed by atoms with Gasteiger partial charge in [0.05, 0.1) is 6.61 Å². The minimum atomic E-state index is -1.52. The van der Waals surface area contributed by atoms with Gasteiger partial charge in [0.1, 0.15) is 42.5 Å². The first-order valence-electron chi connectivity index (χ1n) is 9.72. The van der Waals surface area contributed by atoms with Crippen LogP contribution in [-0.2, 0) is 33.4 Å². The standard InChI is InChI=1S/C18H32N4O9/c1-7(15(19)25)20-16(26)8(2)21-17(27)9(3)30-14-12(22-10(4)23)18(28)31-11(6-29-5)13(14)24/h7-9,11-14,18,24,28H,6H2,1-5H3,(H2,19,25)(H,20,26)(H,21,27)(H,22,23)/t7-,8+,9-,11?,12?,13?,14?,18?/m1/s1. The third-order valence-electron chi connectivity index (χ3n) is 4.66. The molecule has 0 aromatic heterocycles. The molecule has 1 aliphatic rings. The van der Waals surface area contributed by atoms with Crippen molar-refractivity contribution in [2.45, 2.75) is 76.5 Å². The number of aliphatic hydroxyl groups excluding tert-OH is 2. The lowest BCUT2D eigenvalue weighted by molar-refractivity contribution is -0.267. The van der Waals surface area contributed by atoms with E-state index in [4.69, 9.17) is 19.9 Å². The average Bonchev–Trinajstić information content (AvgIpc) is 2.67. The van der Waals surface area contributed by atoms with E-state index >= 15 is 0 Å². The van der Waals surface area contributed by atoms with Gasteiger partial charge in [-0.15, -0.1) is 0 Å². The Kier molecular flexibility index (Phi) is 10.3. The molecular formula is C18H32N4O9. The second-order valence-corrected chi connectivity index (χ2v) is 7.34. The molecule has 7 N–H and O–H groups in total. The van der Waals surface area contributed by atoms with Crippen LogP contribution in [0.5, 0.6) is 0 Å². The van der Waals surface area contributed by atoms with Gasteiger partial charge in [-0.2, -0.15) is 0 Å². The molecule has 1 heterocycles. The number of carbonyl (C=O) groups excluding carboxylic acids is 4. The molecule has 13 nitrogen and oxygen atoms in total. The maximum Gasteiger partial charge on any atom is 0.249 e. The molecule has 8 atom stereocenters. The number of hydrogen-bond acceptors (Lipinski definition) is 9. The fourth-order valence-corrected chi connectivity index (χ4v) is 2.89. The van der Waals surface area contributed by atoms with Gasteiger partial charge in [0, 0.05) is 14.0 Å². The number of ether oxygens (including phenoxy) is 3. The van der Waals surface area contributed by atoms with Gasteiger partial charge in [-0.25, -0.2) is 0 Å². The molecule has 1 aliphatic heterocycles. The number of methoxy groups -OCH3 is 1. The normalized spacial score (nSPS) is 28.7. The van der Waals surface area contributed by atoms with Gasteiger partial charge in [0.15, 0.2) is 6.29 Å². The first kappa shape index (κ1) is 26.7. The largest absolute Gasteiger partial charge is 0.388 e. The summed E-state index contributed by atoms with van der Waals surface area (Å²) in [6.45, 7) is 5.31.